The summed E-state index contributed by atoms with van der Waals surface area (Å²) in [7, 11) is 0. The lowest BCUT2D eigenvalue weighted by Crippen LogP contribution is -2.53. The molecule has 2 unspecified atom stereocenters. The molecule has 5 heterocycles. The number of aliphatic hydroxyl groups excluding tert-OH is 1. The maximum Gasteiger partial charge on any atom is 0.433 e. The van der Waals surface area contributed by atoms with Crippen LogP contribution in [-0.2, 0) is 21.4 Å². The molecule has 330 valence electrons. The summed E-state index contributed by atoms with van der Waals surface area (Å²) in [6.07, 6.45) is 0.618. The van der Waals surface area contributed by atoms with E-state index in [1.807, 2.05) is 6.07 Å². The van der Waals surface area contributed by atoms with Gasteiger partial charge in [-0.25, -0.2) is 9.97 Å². The van der Waals surface area contributed by atoms with Crippen LogP contribution in [0.2, 0.25) is 0 Å². The third kappa shape index (κ3) is 9.08. The van der Waals surface area contributed by atoms with Gasteiger partial charge in [0.1, 0.15) is 17.4 Å². The maximum atomic E-state index is 13.3. The van der Waals surface area contributed by atoms with Crippen LogP contribution in [0.25, 0.3) is 10.2 Å². The fourth-order valence-corrected chi connectivity index (χ4v) is 10.8. The van der Waals surface area contributed by atoms with E-state index in [1.54, 1.807) is 49.4 Å². The number of pyridine rings is 1. The Bertz CT molecular complexity index is 2370. The third-order valence-electron chi connectivity index (χ3n) is 13.1. The second-order valence-electron chi connectivity index (χ2n) is 17.9. The molecule has 3 aliphatic heterocycles. The minimum atomic E-state index is -4.69. The molecular weight excluding hydrogens is 824 g/mol. The van der Waals surface area contributed by atoms with E-state index in [2.05, 4.69) is 32.8 Å². The highest BCUT2D eigenvalue weighted by Crippen LogP contribution is 2.43. The number of fused-ring (bicyclic) bond motifs is 2. The minimum Gasteiger partial charge on any atom is -0.386 e. The van der Waals surface area contributed by atoms with Gasteiger partial charge in [-0.2, -0.15) is 13.2 Å². The van der Waals surface area contributed by atoms with Gasteiger partial charge >= 0.3 is 6.18 Å². The SMILES string of the molecule is C[C@H](CNc1cccc2c1C(O)N(C1CCC(=O)NC1=O)C2=O)C1CCN(CC2CCC(c3nc4cc(C(C)(C)O)c(NC(=O)c5cccc(C(F)(F)F)n5)cc4s3)CC2)CC1. The molecule has 5 N–H and O–H groups in total. The van der Waals surface area contributed by atoms with E-state index in [9.17, 15) is 42.6 Å². The van der Waals surface area contributed by atoms with Crippen LogP contribution in [-0.4, -0.2) is 85.8 Å². The number of alkyl halides is 3. The van der Waals surface area contributed by atoms with Crippen molar-refractivity contribution in [3.63, 3.8) is 0 Å². The lowest BCUT2D eigenvalue weighted by atomic mass is 9.81. The van der Waals surface area contributed by atoms with E-state index < -0.39 is 47.5 Å². The number of aliphatic hydroxyl groups is 2. The Labute approximate surface area is 361 Å². The number of carbonyl (C=O) groups is 4. The molecule has 1 saturated carbocycles. The van der Waals surface area contributed by atoms with Crippen molar-refractivity contribution >= 4 is 56.6 Å². The summed E-state index contributed by atoms with van der Waals surface area (Å²) >= 11 is 1.54. The monoisotopic (exact) mass is 875 g/mol. The van der Waals surface area contributed by atoms with Gasteiger partial charge in [0.15, 0.2) is 6.23 Å². The maximum absolute atomic E-state index is 13.3. The Kier molecular flexibility index (Phi) is 12.2. The molecule has 0 spiro atoms. The average molecular weight is 876 g/mol. The Morgan fingerprint density at radius 3 is 2.39 bits per heavy atom. The molecule has 0 radical (unpaired) electrons. The number of nitrogens with zero attached hydrogens (tertiary/aromatic N) is 4. The Balaban J connectivity index is 0.823. The lowest BCUT2D eigenvalue weighted by Gasteiger charge is -2.38. The number of carbonyl (C=O) groups excluding carboxylic acids is 4. The first-order valence-electron chi connectivity index (χ1n) is 21.4. The molecule has 2 aromatic heterocycles. The molecule has 17 heteroatoms. The zero-order chi connectivity index (χ0) is 44.1. The molecule has 4 aromatic rings. The van der Waals surface area contributed by atoms with E-state index in [4.69, 9.17) is 4.98 Å². The van der Waals surface area contributed by atoms with Gasteiger partial charge in [0, 0.05) is 53.5 Å². The fraction of sp³-hybridized carbons (Fsp3) is 0.511. The Morgan fingerprint density at radius 1 is 0.968 bits per heavy atom. The number of piperidine rings is 2. The quantitative estimate of drug-likeness (QED) is 0.0971. The third-order valence-corrected chi connectivity index (χ3v) is 14.3. The number of halogens is 3. The molecule has 2 aromatic carbocycles. The van der Waals surface area contributed by atoms with Gasteiger partial charge in [0.2, 0.25) is 11.8 Å². The molecule has 8 rings (SSSR count). The van der Waals surface area contributed by atoms with Crippen molar-refractivity contribution in [2.75, 3.05) is 36.8 Å². The predicted molar refractivity (Wildman–Crippen MR) is 227 cm³/mol. The van der Waals surface area contributed by atoms with Crippen LogP contribution < -0.4 is 16.0 Å². The normalized spacial score (nSPS) is 23.4. The summed E-state index contributed by atoms with van der Waals surface area (Å²) < 4.78 is 40.6. The molecule has 0 bridgehead atoms. The van der Waals surface area contributed by atoms with Gasteiger partial charge in [0.05, 0.1) is 20.8 Å². The van der Waals surface area contributed by atoms with E-state index in [0.717, 1.165) is 80.0 Å². The number of nitrogens with one attached hydrogen (secondary N) is 3. The number of anilines is 2. The first-order chi connectivity index (χ1) is 29.4. The number of aromatic nitrogens is 2. The smallest absolute Gasteiger partial charge is 0.386 e. The second kappa shape index (κ2) is 17.3. The van der Waals surface area contributed by atoms with Crippen molar-refractivity contribution in [3.05, 3.63) is 81.6 Å². The molecule has 13 nitrogen and oxygen atoms in total. The van der Waals surface area contributed by atoms with Gasteiger partial charge in [-0.3, -0.25) is 29.4 Å². The van der Waals surface area contributed by atoms with Crippen molar-refractivity contribution in [1.29, 1.82) is 0 Å². The zero-order valence-corrected chi connectivity index (χ0v) is 35.7. The number of hydrogen-bond acceptors (Lipinski definition) is 11. The fourth-order valence-electron chi connectivity index (χ4n) is 9.61. The van der Waals surface area contributed by atoms with Gasteiger partial charge in [-0.15, -0.1) is 11.3 Å². The highest BCUT2D eigenvalue weighted by molar-refractivity contribution is 7.18. The van der Waals surface area contributed by atoms with Gasteiger partial charge in [0.25, 0.3) is 11.8 Å². The highest BCUT2D eigenvalue weighted by atomic mass is 32.1. The average Bonchev–Trinajstić information content (AvgIpc) is 3.77. The lowest BCUT2D eigenvalue weighted by molar-refractivity contribution is -0.141. The summed E-state index contributed by atoms with van der Waals surface area (Å²) in [5.41, 5.74) is -0.0249. The minimum absolute atomic E-state index is 0.110. The van der Waals surface area contributed by atoms with Crippen LogP contribution in [0.3, 0.4) is 0 Å². The molecule has 3 fully saturated rings. The molecule has 4 aliphatic rings. The van der Waals surface area contributed by atoms with E-state index >= 15 is 0 Å². The van der Waals surface area contributed by atoms with Crippen LogP contribution >= 0.6 is 11.3 Å². The summed E-state index contributed by atoms with van der Waals surface area (Å²) in [5.74, 6) is -0.455. The molecular formula is C45H52F3N7O6S. The number of hydrogen-bond donors (Lipinski definition) is 5. The van der Waals surface area contributed by atoms with Gasteiger partial charge in [-0.1, -0.05) is 19.1 Å². The number of likely N-dealkylation sites (tertiary alicyclic amines) is 1. The number of amides is 4. The van der Waals surface area contributed by atoms with Gasteiger partial charge < -0.3 is 25.7 Å². The van der Waals surface area contributed by atoms with Crippen LogP contribution in [0.5, 0.6) is 0 Å². The molecule has 2 saturated heterocycles. The van der Waals surface area contributed by atoms with Crippen molar-refractivity contribution in [1.82, 2.24) is 25.1 Å². The molecule has 3 atom stereocenters. The number of thiazole rings is 1. The van der Waals surface area contributed by atoms with E-state index in [1.165, 1.54) is 11.0 Å². The second-order valence-corrected chi connectivity index (χ2v) is 18.9. The molecule has 1 aliphatic carbocycles. The highest BCUT2D eigenvalue weighted by Gasteiger charge is 2.45. The van der Waals surface area contributed by atoms with Crippen LogP contribution in [0.1, 0.15) is 127 Å². The van der Waals surface area contributed by atoms with Gasteiger partial charge in [-0.05, 0) is 126 Å². The summed E-state index contributed by atoms with van der Waals surface area (Å²) in [5, 5.41) is 31.7. The first-order valence-corrected chi connectivity index (χ1v) is 22.2. The van der Waals surface area contributed by atoms with Crippen LogP contribution in [0.15, 0.2) is 48.5 Å². The van der Waals surface area contributed by atoms with Crippen molar-refractivity contribution in [2.45, 2.75) is 102 Å². The first kappa shape index (κ1) is 43.7. The zero-order valence-electron chi connectivity index (χ0n) is 34.9. The Morgan fingerprint density at radius 2 is 1.69 bits per heavy atom. The van der Waals surface area contributed by atoms with Crippen molar-refractivity contribution in [3.8, 4) is 0 Å². The van der Waals surface area contributed by atoms with Crippen molar-refractivity contribution < 1.29 is 42.6 Å². The number of imide groups is 1. The topological polar surface area (TPSA) is 177 Å². The van der Waals surface area contributed by atoms with Crippen LogP contribution in [0, 0.1) is 17.8 Å². The van der Waals surface area contributed by atoms with E-state index in [0.29, 0.717) is 57.9 Å². The Hall–Kier alpha value is -4.97. The van der Waals surface area contributed by atoms with Crippen LogP contribution in [0.4, 0.5) is 24.5 Å². The molecule has 62 heavy (non-hydrogen) atoms. The predicted octanol–water partition coefficient (Wildman–Crippen LogP) is 7.18. The standard InChI is InChI=1S/C45H52F3N7O6S/c1-24(22-49-30-7-4-6-28-38(30)43(60)55(42(28)59)34-14-15-37(56)53-40(34)58)26-16-18-54(19-17-26)23-25-10-12-27(13-11-25)41-52-33-20-29(44(2,3)61)32(21-35(33)62-41)51-39(57)31-8-5-9-36(50-31)45(46,47)48/h4-9,20-21,24-27,34,43,49,60-61H,10-19,22-23H2,1-3H3,(H,51,57)(H,53,56,58)/t24-,25?,27?,34?,43?/m1/s1. The largest absolute Gasteiger partial charge is 0.433 e. The summed E-state index contributed by atoms with van der Waals surface area (Å²) in [6.45, 7) is 9.16. The number of rotatable bonds is 11. The summed E-state index contributed by atoms with van der Waals surface area (Å²) in [4.78, 5) is 62.9. The molecule has 4 amide bonds. The number of benzene rings is 2. The van der Waals surface area contributed by atoms with Crippen molar-refractivity contribution in [2.24, 2.45) is 17.8 Å². The summed E-state index contributed by atoms with van der Waals surface area (Å²) in [6, 6.07) is 11.0. The van der Waals surface area contributed by atoms with E-state index in [-0.39, 0.29) is 30.4 Å².